The van der Waals surface area contributed by atoms with E-state index in [9.17, 15) is 19.2 Å². The maximum Gasteiger partial charge on any atom is 0.314 e. The summed E-state index contributed by atoms with van der Waals surface area (Å²) in [7, 11) is -2.36. The molecule has 0 atom stereocenters. The van der Waals surface area contributed by atoms with Gasteiger partial charge in [-0.2, -0.15) is 0 Å². The topological polar surface area (TPSA) is 220 Å². The highest BCUT2D eigenvalue weighted by atomic mass is 31.2. The van der Waals surface area contributed by atoms with Crippen LogP contribution in [0.25, 0.3) is 0 Å². The molecule has 8 amide bonds. The van der Waals surface area contributed by atoms with E-state index in [4.69, 9.17) is 22.9 Å². The maximum atomic E-state index is 10.9. The van der Waals surface area contributed by atoms with E-state index in [1.165, 1.54) is 0 Å². The van der Waals surface area contributed by atoms with Crippen molar-refractivity contribution < 1.29 is 19.2 Å². The van der Waals surface area contributed by atoms with Crippen molar-refractivity contribution in [3.05, 3.63) is 0 Å². The lowest BCUT2D eigenvalue weighted by molar-refractivity contribution is 0.250. The zero-order valence-electron chi connectivity index (χ0n) is 11.2. The fraction of sp³-hybridized carbons (Fsp3) is 0.500. The van der Waals surface area contributed by atoms with Crippen LogP contribution in [-0.4, -0.2) is 49.3 Å². The molecule has 12 nitrogen and oxygen atoms in total. The van der Waals surface area contributed by atoms with Crippen molar-refractivity contribution in [1.29, 1.82) is 0 Å². The van der Waals surface area contributed by atoms with Crippen molar-refractivity contribution in [2.24, 2.45) is 22.9 Å². The Morgan fingerprint density at radius 2 is 0.762 bits per heavy atom. The third-order valence-corrected chi connectivity index (χ3v) is 5.67. The number of carbonyl (C=O) groups excluding carboxylic acids is 4. The molecule has 0 rings (SSSR count). The number of nitrogens with one attached hydrogen (secondary N) is 4. The Labute approximate surface area is 121 Å². The van der Waals surface area contributed by atoms with E-state index in [-0.39, 0.29) is 25.1 Å². The van der Waals surface area contributed by atoms with Crippen LogP contribution in [0.3, 0.4) is 0 Å². The quantitative estimate of drug-likeness (QED) is 0.227. The van der Waals surface area contributed by atoms with Gasteiger partial charge in [0.2, 0.25) is 0 Å². The molecule has 0 heterocycles. The first-order valence-corrected chi connectivity index (χ1v) is 8.18. The van der Waals surface area contributed by atoms with Gasteiger partial charge in [0, 0.05) is 0 Å². The lowest BCUT2D eigenvalue weighted by Gasteiger charge is -2.27. The second kappa shape index (κ2) is 8.64. The minimum Gasteiger partial charge on any atom is -0.352 e. The SMILES string of the molecule is NC(=O)NC[P+](CNC(N)=O)(CNC(N)=O)CNC(N)=O. The normalized spacial score (nSPS) is 10.3. The molecule has 0 aromatic rings. The van der Waals surface area contributed by atoms with Crippen LogP contribution in [0, 0.1) is 0 Å². The molecular formula is C8H20N8O4P+. The van der Waals surface area contributed by atoms with Gasteiger partial charge in [0.1, 0.15) is 25.1 Å². The summed E-state index contributed by atoms with van der Waals surface area (Å²) in [5.41, 5.74) is 20.0. The van der Waals surface area contributed by atoms with Gasteiger partial charge in [0.05, 0.1) is 7.26 Å². The van der Waals surface area contributed by atoms with E-state index in [2.05, 4.69) is 21.3 Å². The Bertz CT molecular complexity index is 340. The standard InChI is InChI=1S/C8H19N8O4P/c9-5(17)13-1-21(2-14-6(10)18,3-15-7(11)19)4-16-8(12)20/h1-4H2,(H11-,9,10,11,12,13,14,15,16,17,18,19,20)/p+1. The summed E-state index contributed by atoms with van der Waals surface area (Å²) in [6.45, 7) is 0. The zero-order valence-corrected chi connectivity index (χ0v) is 12.1. The highest BCUT2D eigenvalue weighted by Crippen LogP contribution is 2.54. The predicted octanol–water partition coefficient (Wildman–Crippen LogP) is -2.49. The number of urea groups is 4. The third-order valence-electron chi connectivity index (χ3n) is 2.35. The lowest BCUT2D eigenvalue weighted by Crippen LogP contribution is -2.45. The average molecular weight is 323 g/mol. The highest BCUT2D eigenvalue weighted by Gasteiger charge is 2.39. The van der Waals surface area contributed by atoms with Gasteiger partial charge in [-0.05, 0) is 0 Å². The maximum absolute atomic E-state index is 10.9. The molecule has 0 saturated carbocycles. The Morgan fingerprint density at radius 3 is 0.905 bits per heavy atom. The van der Waals surface area contributed by atoms with Crippen molar-refractivity contribution in [2.75, 3.05) is 25.1 Å². The fourth-order valence-corrected chi connectivity index (χ4v) is 3.95. The number of carbonyl (C=O) groups is 4. The molecule has 0 bridgehead atoms. The molecule has 0 aliphatic carbocycles. The van der Waals surface area contributed by atoms with Gasteiger partial charge in [-0.15, -0.1) is 0 Å². The van der Waals surface area contributed by atoms with E-state index in [0.29, 0.717) is 0 Å². The Kier molecular flexibility index (Phi) is 7.61. The fourth-order valence-electron chi connectivity index (χ4n) is 1.32. The van der Waals surface area contributed by atoms with Gasteiger partial charge < -0.3 is 44.2 Å². The molecule has 0 fully saturated rings. The van der Waals surface area contributed by atoms with Gasteiger partial charge >= 0.3 is 24.1 Å². The molecular weight excluding hydrogens is 303 g/mol. The van der Waals surface area contributed by atoms with Crippen molar-refractivity contribution in [1.82, 2.24) is 21.3 Å². The molecule has 0 spiro atoms. The first-order chi connectivity index (χ1) is 9.67. The van der Waals surface area contributed by atoms with Crippen LogP contribution in [-0.2, 0) is 0 Å². The number of hydrogen-bond donors (Lipinski definition) is 8. The van der Waals surface area contributed by atoms with Crippen molar-refractivity contribution in [2.45, 2.75) is 0 Å². The summed E-state index contributed by atoms with van der Waals surface area (Å²) in [5.74, 6) is 0. The molecule has 0 unspecified atom stereocenters. The molecule has 120 valence electrons. The average Bonchev–Trinajstić information content (AvgIpc) is 2.36. The van der Waals surface area contributed by atoms with E-state index in [0.717, 1.165) is 0 Å². The third kappa shape index (κ3) is 9.10. The molecule has 0 aliphatic rings. The summed E-state index contributed by atoms with van der Waals surface area (Å²) in [6, 6.07) is -3.18. The van der Waals surface area contributed by atoms with Crippen LogP contribution in [0.4, 0.5) is 19.2 Å². The predicted molar refractivity (Wildman–Crippen MR) is 77.3 cm³/mol. The van der Waals surface area contributed by atoms with Crippen molar-refractivity contribution in [3.63, 3.8) is 0 Å². The monoisotopic (exact) mass is 323 g/mol. The number of hydrogen-bond acceptors (Lipinski definition) is 4. The summed E-state index contributed by atoms with van der Waals surface area (Å²) in [4.78, 5) is 43.4. The van der Waals surface area contributed by atoms with E-state index < -0.39 is 31.4 Å². The largest absolute Gasteiger partial charge is 0.352 e. The van der Waals surface area contributed by atoms with Crippen LogP contribution in [0.2, 0.25) is 0 Å². The van der Waals surface area contributed by atoms with Crippen LogP contribution >= 0.6 is 7.26 Å². The lowest BCUT2D eigenvalue weighted by atomic mass is 11.0. The smallest absolute Gasteiger partial charge is 0.314 e. The summed E-state index contributed by atoms with van der Waals surface area (Å²) in [6.07, 6.45) is 0.124. The molecule has 0 radical (unpaired) electrons. The highest BCUT2D eigenvalue weighted by molar-refractivity contribution is 7.75. The van der Waals surface area contributed by atoms with Crippen LogP contribution in [0.5, 0.6) is 0 Å². The molecule has 0 aliphatic heterocycles. The number of amides is 8. The zero-order chi connectivity index (χ0) is 16.5. The minimum atomic E-state index is -2.36. The first kappa shape index (κ1) is 18.5. The van der Waals surface area contributed by atoms with Gasteiger partial charge in [-0.25, -0.2) is 19.2 Å². The molecule has 21 heavy (non-hydrogen) atoms. The van der Waals surface area contributed by atoms with Crippen LogP contribution in [0.15, 0.2) is 0 Å². The molecule has 13 heteroatoms. The van der Waals surface area contributed by atoms with Gasteiger partial charge in [-0.3, -0.25) is 0 Å². The molecule has 12 N–H and O–H groups in total. The molecule has 0 aromatic heterocycles. The summed E-state index contributed by atoms with van der Waals surface area (Å²) < 4.78 is 0. The minimum absolute atomic E-state index is 0.0309. The molecule has 0 saturated heterocycles. The number of rotatable bonds is 8. The number of primary amides is 4. The first-order valence-electron chi connectivity index (χ1n) is 5.65. The van der Waals surface area contributed by atoms with Gasteiger partial charge in [0.25, 0.3) is 0 Å². The molecule has 0 aromatic carbocycles. The van der Waals surface area contributed by atoms with Gasteiger partial charge in [0.15, 0.2) is 0 Å². The van der Waals surface area contributed by atoms with Crippen molar-refractivity contribution >= 4 is 31.4 Å². The number of nitrogens with two attached hydrogens (primary N) is 4. The summed E-state index contributed by atoms with van der Waals surface area (Å²) >= 11 is 0. The van der Waals surface area contributed by atoms with E-state index in [1.807, 2.05) is 0 Å². The van der Waals surface area contributed by atoms with Crippen LogP contribution < -0.4 is 44.2 Å². The summed E-state index contributed by atoms with van der Waals surface area (Å²) in [5, 5.41) is 9.48. The van der Waals surface area contributed by atoms with E-state index in [1.54, 1.807) is 0 Å². The van der Waals surface area contributed by atoms with E-state index >= 15 is 0 Å². The Hall–Kier alpha value is -2.49. The Morgan fingerprint density at radius 1 is 0.571 bits per heavy atom. The van der Waals surface area contributed by atoms with Crippen molar-refractivity contribution in [3.8, 4) is 0 Å². The van der Waals surface area contributed by atoms with Gasteiger partial charge in [-0.1, -0.05) is 0 Å². The van der Waals surface area contributed by atoms with Crippen LogP contribution in [0.1, 0.15) is 0 Å². The Balaban J connectivity index is 5.02. The second-order valence-electron chi connectivity index (χ2n) is 4.14. The second-order valence-corrected chi connectivity index (χ2v) is 8.09.